The first kappa shape index (κ1) is 14.5. The van der Waals surface area contributed by atoms with Gasteiger partial charge in [-0.15, -0.1) is 11.3 Å². The molecule has 0 radical (unpaired) electrons. The Morgan fingerprint density at radius 1 is 1.35 bits per heavy atom. The quantitative estimate of drug-likeness (QED) is 0.765. The fourth-order valence-electron chi connectivity index (χ4n) is 1.90. The number of aromatic nitrogens is 1. The molecule has 2 aromatic rings. The molecular weight excluding hydrogens is 272 g/mol. The van der Waals surface area contributed by atoms with Crippen molar-refractivity contribution in [3.05, 3.63) is 41.4 Å². The van der Waals surface area contributed by atoms with Gasteiger partial charge in [0.25, 0.3) is 0 Å². The highest BCUT2D eigenvalue weighted by molar-refractivity contribution is 7.13. The zero-order valence-electron chi connectivity index (χ0n) is 11.7. The van der Waals surface area contributed by atoms with Gasteiger partial charge in [0.05, 0.1) is 19.2 Å². The minimum absolute atomic E-state index is 0.199. The van der Waals surface area contributed by atoms with E-state index < -0.39 is 0 Å². The van der Waals surface area contributed by atoms with Crippen LogP contribution >= 0.6 is 11.3 Å². The molecule has 0 aliphatic carbocycles. The van der Waals surface area contributed by atoms with Crippen LogP contribution < -0.4 is 4.90 Å². The number of aryl methyl sites for hydroxylation is 1. The zero-order valence-corrected chi connectivity index (χ0v) is 12.5. The second-order valence-corrected chi connectivity index (χ2v) is 5.11. The standard InChI is InChI=1S/C15H18N2O2S/c1-3-17(13-7-5-4-6-8-13)15-16-12(11-20-15)9-10-14(18)19-2/h4-8,11H,3,9-10H2,1-2H3. The fraction of sp³-hybridized carbons (Fsp3) is 0.333. The summed E-state index contributed by atoms with van der Waals surface area (Å²) in [6.07, 6.45) is 0.993. The summed E-state index contributed by atoms with van der Waals surface area (Å²) in [5, 5.41) is 2.96. The first-order valence-corrected chi connectivity index (χ1v) is 7.46. The van der Waals surface area contributed by atoms with Crippen LogP contribution in [-0.4, -0.2) is 24.6 Å². The molecule has 106 valence electrons. The zero-order chi connectivity index (χ0) is 14.4. The summed E-state index contributed by atoms with van der Waals surface area (Å²) in [7, 11) is 1.41. The maximum absolute atomic E-state index is 11.1. The molecule has 5 heteroatoms. The number of ether oxygens (including phenoxy) is 1. The largest absolute Gasteiger partial charge is 0.469 e. The molecule has 0 bridgehead atoms. The van der Waals surface area contributed by atoms with Crippen LogP contribution in [0.15, 0.2) is 35.7 Å². The molecule has 0 spiro atoms. The van der Waals surface area contributed by atoms with Gasteiger partial charge in [-0.1, -0.05) is 18.2 Å². The van der Waals surface area contributed by atoms with Gasteiger partial charge in [0.1, 0.15) is 0 Å². The second-order valence-electron chi connectivity index (χ2n) is 4.28. The van der Waals surface area contributed by atoms with E-state index in [1.54, 1.807) is 11.3 Å². The number of methoxy groups -OCH3 is 1. The molecule has 0 fully saturated rings. The Balaban J connectivity index is 2.08. The fourth-order valence-corrected chi connectivity index (χ4v) is 2.85. The highest BCUT2D eigenvalue weighted by atomic mass is 32.1. The molecule has 4 nitrogen and oxygen atoms in total. The molecule has 20 heavy (non-hydrogen) atoms. The van der Waals surface area contributed by atoms with Gasteiger partial charge in [0.2, 0.25) is 0 Å². The normalized spacial score (nSPS) is 10.3. The van der Waals surface area contributed by atoms with Crippen LogP contribution in [0, 0.1) is 0 Å². The van der Waals surface area contributed by atoms with Gasteiger partial charge in [0, 0.05) is 24.0 Å². The summed E-state index contributed by atoms with van der Waals surface area (Å²) >= 11 is 1.60. The third kappa shape index (κ3) is 3.57. The van der Waals surface area contributed by atoms with Crippen LogP contribution in [0.1, 0.15) is 19.0 Å². The van der Waals surface area contributed by atoms with Crippen molar-refractivity contribution >= 4 is 28.1 Å². The van der Waals surface area contributed by atoms with Gasteiger partial charge >= 0.3 is 5.97 Å². The smallest absolute Gasteiger partial charge is 0.305 e. The van der Waals surface area contributed by atoms with E-state index in [9.17, 15) is 4.79 Å². The monoisotopic (exact) mass is 290 g/mol. The van der Waals surface area contributed by atoms with Gasteiger partial charge in [0.15, 0.2) is 5.13 Å². The van der Waals surface area contributed by atoms with E-state index >= 15 is 0 Å². The molecule has 0 saturated heterocycles. The Bertz CT molecular complexity index is 554. The van der Waals surface area contributed by atoms with E-state index in [2.05, 4.69) is 33.7 Å². The molecule has 0 aliphatic rings. The predicted octanol–water partition coefficient (Wildman–Crippen LogP) is 3.41. The number of nitrogens with zero attached hydrogens (tertiary/aromatic N) is 2. The molecule has 2 rings (SSSR count). The average Bonchev–Trinajstić information content (AvgIpc) is 2.95. The summed E-state index contributed by atoms with van der Waals surface area (Å²) < 4.78 is 4.64. The lowest BCUT2D eigenvalue weighted by atomic mass is 10.2. The van der Waals surface area contributed by atoms with Crippen molar-refractivity contribution in [2.24, 2.45) is 0 Å². The first-order valence-electron chi connectivity index (χ1n) is 6.58. The first-order chi connectivity index (χ1) is 9.74. The third-order valence-electron chi connectivity index (χ3n) is 2.97. The van der Waals surface area contributed by atoms with Gasteiger partial charge in [-0.3, -0.25) is 4.79 Å². The highest BCUT2D eigenvalue weighted by Crippen LogP contribution is 2.28. The Kier molecular flexibility index (Phi) is 5.12. The number of carbonyl (C=O) groups excluding carboxylic acids is 1. The summed E-state index contributed by atoms with van der Waals surface area (Å²) in [5.41, 5.74) is 2.06. The van der Waals surface area contributed by atoms with Crippen LogP contribution in [0.2, 0.25) is 0 Å². The van der Waals surface area contributed by atoms with Crippen molar-refractivity contribution < 1.29 is 9.53 Å². The van der Waals surface area contributed by atoms with Gasteiger partial charge in [-0.2, -0.15) is 0 Å². The number of hydrogen-bond donors (Lipinski definition) is 0. The molecule has 1 aromatic carbocycles. The molecular formula is C15H18N2O2S. The summed E-state index contributed by atoms with van der Waals surface area (Å²) in [4.78, 5) is 17.9. The molecule has 0 aliphatic heterocycles. The number of hydrogen-bond acceptors (Lipinski definition) is 5. The molecule has 1 heterocycles. The van der Waals surface area contributed by atoms with E-state index in [4.69, 9.17) is 0 Å². The molecule has 1 aromatic heterocycles. The summed E-state index contributed by atoms with van der Waals surface area (Å²) in [6.45, 7) is 2.95. The number of carbonyl (C=O) groups is 1. The van der Waals surface area contributed by atoms with Crippen molar-refractivity contribution in [2.75, 3.05) is 18.6 Å². The number of esters is 1. The summed E-state index contributed by atoms with van der Waals surface area (Å²) in [5.74, 6) is -0.199. The Morgan fingerprint density at radius 2 is 2.10 bits per heavy atom. The van der Waals surface area contributed by atoms with Crippen molar-refractivity contribution in [1.29, 1.82) is 0 Å². The van der Waals surface area contributed by atoms with Crippen molar-refractivity contribution in [3.8, 4) is 0 Å². The van der Waals surface area contributed by atoms with Gasteiger partial charge < -0.3 is 9.64 Å². The van der Waals surface area contributed by atoms with Crippen LogP contribution in [0.3, 0.4) is 0 Å². The predicted molar refractivity (Wildman–Crippen MR) is 81.6 cm³/mol. The second kappa shape index (κ2) is 7.05. The van der Waals surface area contributed by atoms with Crippen LogP contribution in [-0.2, 0) is 16.0 Å². The van der Waals surface area contributed by atoms with E-state index in [1.807, 2.05) is 23.6 Å². The van der Waals surface area contributed by atoms with E-state index in [-0.39, 0.29) is 5.97 Å². The van der Waals surface area contributed by atoms with E-state index in [1.165, 1.54) is 7.11 Å². The van der Waals surface area contributed by atoms with E-state index in [0.29, 0.717) is 12.8 Å². The van der Waals surface area contributed by atoms with Gasteiger partial charge in [-0.25, -0.2) is 4.98 Å². The van der Waals surface area contributed by atoms with E-state index in [0.717, 1.165) is 23.1 Å². The molecule has 0 unspecified atom stereocenters. The Labute approximate surface area is 123 Å². The number of thiazole rings is 1. The van der Waals surface area contributed by atoms with Crippen LogP contribution in [0.5, 0.6) is 0 Å². The minimum Gasteiger partial charge on any atom is -0.469 e. The topological polar surface area (TPSA) is 42.4 Å². The van der Waals surface area contributed by atoms with Crippen LogP contribution in [0.25, 0.3) is 0 Å². The highest BCUT2D eigenvalue weighted by Gasteiger charge is 2.12. The average molecular weight is 290 g/mol. The van der Waals surface area contributed by atoms with Crippen LogP contribution in [0.4, 0.5) is 10.8 Å². The van der Waals surface area contributed by atoms with Crippen molar-refractivity contribution in [2.45, 2.75) is 19.8 Å². The lowest BCUT2D eigenvalue weighted by molar-refractivity contribution is -0.140. The molecule has 0 atom stereocenters. The lowest BCUT2D eigenvalue weighted by Gasteiger charge is -2.19. The number of benzene rings is 1. The number of para-hydroxylation sites is 1. The Hall–Kier alpha value is -1.88. The molecule has 0 N–H and O–H groups in total. The maximum Gasteiger partial charge on any atom is 0.305 e. The maximum atomic E-state index is 11.1. The lowest BCUT2D eigenvalue weighted by Crippen LogP contribution is -2.15. The molecule has 0 saturated carbocycles. The number of rotatable bonds is 6. The van der Waals surface area contributed by atoms with Crippen molar-refractivity contribution in [1.82, 2.24) is 4.98 Å². The Morgan fingerprint density at radius 3 is 2.75 bits per heavy atom. The minimum atomic E-state index is -0.199. The summed E-state index contributed by atoms with van der Waals surface area (Å²) in [6, 6.07) is 10.2. The SMILES string of the molecule is CCN(c1ccccc1)c1nc(CCC(=O)OC)cs1. The number of anilines is 2. The van der Waals surface area contributed by atoms with Crippen molar-refractivity contribution in [3.63, 3.8) is 0 Å². The molecule has 0 amide bonds. The van der Waals surface area contributed by atoms with Gasteiger partial charge in [-0.05, 0) is 19.1 Å². The third-order valence-corrected chi connectivity index (χ3v) is 3.88.